The first kappa shape index (κ1) is 20.1. The molecule has 4 aromatic rings. The number of methoxy groups -OCH3 is 2. The molecule has 162 valence electrons. The average Bonchev–Trinajstić information content (AvgIpc) is 3.51. The van der Waals surface area contributed by atoms with Crippen LogP contribution in [-0.2, 0) is 4.74 Å². The van der Waals surface area contributed by atoms with Crippen molar-refractivity contribution in [2.45, 2.75) is 18.6 Å². The Balaban J connectivity index is 1.50. The summed E-state index contributed by atoms with van der Waals surface area (Å²) < 4.78 is 11.1. The van der Waals surface area contributed by atoms with Gasteiger partial charge in [-0.3, -0.25) is 9.78 Å². The summed E-state index contributed by atoms with van der Waals surface area (Å²) in [6.07, 6.45) is 5.84. The number of imidazole rings is 1. The van der Waals surface area contributed by atoms with Crippen molar-refractivity contribution in [3.63, 3.8) is 0 Å². The monoisotopic (exact) mass is 429 g/mol. The normalized spacial score (nSPS) is 18.2. The molecule has 0 aliphatic carbocycles. The van der Waals surface area contributed by atoms with Crippen LogP contribution in [0.25, 0.3) is 22.0 Å². The highest BCUT2D eigenvalue weighted by Gasteiger charge is 2.39. The van der Waals surface area contributed by atoms with Crippen LogP contribution in [0.5, 0.6) is 5.88 Å². The van der Waals surface area contributed by atoms with E-state index in [0.717, 1.165) is 22.0 Å². The Morgan fingerprint density at radius 3 is 2.81 bits per heavy atom. The van der Waals surface area contributed by atoms with E-state index in [4.69, 9.17) is 9.47 Å². The Morgan fingerprint density at radius 1 is 1.16 bits per heavy atom. The fraction of sp³-hybridized carbons (Fsp3) is 0.250. The van der Waals surface area contributed by atoms with E-state index in [2.05, 4.69) is 19.9 Å². The number of nitrogens with one attached hydrogen (secondary N) is 1. The molecule has 5 rings (SSSR count). The predicted molar refractivity (Wildman–Crippen MR) is 119 cm³/mol. The molecule has 1 fully saturated rings. The van der Waals surface area contributed by atoms with Crippen LogP contribution in [0.2, 0.25) is 0 Å². The molecule has 8 heteroatoms. The number of H-pyrrole nitrogens is 1. The summed E-state index contributed by atoms with van der Waals surface area (Å²) in [5.74, 6) is 0.963. The number of fused-ring (bicyclic) bond motifs is 1. The number of likely N-dealkylation sites (tertiary alicyclic amines) is 1. The zero-order chi connectivity index (χ0) is 22.1. The molecule has 1 amide bonds. The first-order valence-corrected chi connectivity index (χ1v) is 10.4. The number of carbonyl (C=O) groups excluding carboxylic acids is 1. The van der Waals surface area contributed by atoms with Crippen molar-refractivity contribution in [3.8, 4) is 17.1 Å². The summed E-state index contributed by atoms with van der Waals surface area (Å²) in [4.78, 5) is 32.0. The second-order valence-corrected chi connectivity index (χ2v) is 7.73. The predicted octanol–water partition coefficient (Wildman–Crippen LogP) is 3.63. The van der Waals surface area contributed by atoms with Gasteiger partial charge in [-0.25, -0.2) is 9.97 Å². The average molecular weight is 429 g/mol. The lowest BCUT2D eigenvalue weighted by Crippen LogP contribution is -2.33. The van der Waals surface area contributed by atoms with Crippen molar-refractivity contribution in [1.29, 1.82) is 0 Å². The van der Waals surface area contributed by atoms with Gasteiger partial charge < -0.3 is 19.4 Å². The maximum absolute atomic E-state index is 13.6. The third kappa shape index (κ3) is 3.58. The van der Waals surface area contributed by atoms with Crippen LogP contribution in [0.4, 0.5) is 0 Å². The van der Waals surface area contributed by atoms with E-state index < -0.39 is 0 Å². The summed E-state index contributed by atoms with van der Waals surface area (Å²) >= 11 is 0. The van der Waals surface area contributed by atoms with Gasteiger partial charge in [0.1, 0.15) is 11.5 Å². The summed E-state index contributed by atoms with van der Waals surface area (Å²) in [5.41, 5.74) is 2.12. The third-order valence-electron chi connectivity index (χ3n) is 5.86. The van der Waals surface area contributed by atoms with Gasteiger partial charge in [-0.2, -0.15) is 0 Å². The lowest BCUT2D eigenvalue weighted by atomic mass is 10.1. The molecule has 4 heterocycles. The van der Waals surface area contributed by atoms with Gasteiger partial charge in [-0.05, 0) is 29.7 Å². The highest BCUT2D eigenvalue weighted by Crippen LogP contribution is 2.35. The minimum Gasteiger partial charge on any atom is -0.481 e. The molecule has 3 aromatic heterocycles. The van der Waals surface area contributed by atoms with E-state index in [-0.39, 0.29) is 18.1 Å². The SMILES string of the molecule is COc1nc(C(=O)N2C[C@H](OC)C[C@@H]2c2ncc(-c3cccnc3)[nH]2)cc2ccccc12. The highest BCUT2D eigenvalue weighted by molar-refractivity contribution is 5.98. The van der Waals surface area contributed by atoms with Crippen LogP contribution in [0, 0.1) is 0 Å². The van der Waals surface area contributed by atoms with Crippen molar-refractivity contribution in [3.05, 3.63) is 72.6 Å². The smallest absolute Gasteiger partial charge is 0.273 e. The Labute approximate surface area is 185 Å². The number of hydrogen-bond acceptors (Lipinski definition) is 6. The Hall–Kier alpha value is -3.78. The molecule has 32 heavy (non-hydrogen) atoms. The maximum Gasteiger partial charge on any atom is 0.273 e. The highest BCUT2D eigenvalue weighted by atomic mass is 16.5. The largest absolute Gasteiger partial charge is 0.481 e. The zero-order valence-corrected chi connectivity index (χ0v) is 17.9. The minimum atomic E-state index is -0.253. The Bertz CT molecular complexity index is 1260. The summed E-state index contributed by atoms with van der Waals surface area (Å²) in [6, 6.07) is 13.1. The standard InChI is InChI=1S/C24H23N5O3/c1-31-17-11-21(22-26-13-20(27-22)16-7-5-9-25-12-16)29(14-17)24(30)19-10-15-6-3-4-8-18(15)23(28-19)32-2/h3-10,12-13,17,21H,11,14H2,1-2H3,(H,26,27)/t17-,21-/m1/s1. The summed E-state index contributed by atoms with van der Waals surface area (Å²) in [5, 5.41) is 1.77. The summed E-state index contributed by atoms with van der Waals surface area (Å²) in [6.45, 7) is 0.458. The molecule has 0 saturated carbocycles. The molecule has 1 N–H and O–H groups in total. The van der Waals surface area contributed by atoms with Crippen LogP contribution in [0.15, 0.2) is 61.1 Å². The fourth-order valence-electron chi connectivity index (χ4n) is 4.21. The van der Waals surface area contributed by atoms with Gasteiger partial charge in [0.25, 0.3) is 5.91 Å². The molecule has 1 saturated heterocycles. The van der Waals surface area contributed by atoms with Gasteiger partial charge in [0.05, 0.1) is 31.1 Å². The van der Waals surface area contributed by atoms with E-state index in [1.165, 1.54) is 0 Å². The number of benzene rings is 1. The molecule has 0 bridgehead atoms. The minimum absolute atomic E-state index is 0.0850. The van der Waals surface area contributed by atoms with Crippen LogP contribution in [0.3, 0.4) is 0 Å². The number of ether oxygens (including phenoxy) is 2. The Morgan fingerprint density at radius 2 is 2.03 bits per heavy atom. The molecule has 1 aliphatic heterocycles. The summed E-state index contributed by atoms with van der Waals surface area (Å²) in [7, 11) is 3.22. The lowest BCUT2D eigenvalue weighted by Gasteiger charge is -2.23. The van der Waals surface area contributed by atoms with Gasteiger partial charge in [0.2, 0.25) is 5.88 Å². The van der Waals surface area contributed by atoms with Crippen molar-refractivity contribution >= 4 is 16.7 Å². The van der Waals surface area contributed by atoms with E-state index >= 15 is 0 Å². The maximum atomic E-state index is 13.6. The van der Waals surface area contributed by atoms with Crippen LogP contribution in [-0.4, -0.2) is 57.6 Å². The van der Waals surface area contributed by atoms with Crippen LogP contribution in [0.1, 0.15) is 28.8 Å². The van der Waals surface area contributed by atoms with E-state index in [1.807, 2.05) is 36.4 Å². The van der Waals surface area contributed by atoms with Crippen molar-refractivity contribution in [2.24, 2.45) is 0 Å². The topological polar surface area (TPSA) is 93.2 Å². The Kier molecular flexibility index (Phi) is 5.28. The molecule has 1 aromatic carbocycles. The molecule has 8 nitrogen and oxygen atoms in total. The van der Waals surface area contributed by atoms with E-state index in [0.29, 0.717) is 30.4 Å². The van der Waals surface area contributed by atoms with Gasteiger partial charge in [0, 0.05) is 43.4 Å². The zero-order valence-electron chi connectivity index (χ0n) is 17.9. The quantitative estimate of drug-likeness (QED) is 0.521. The number of aromatic nitrogens is 4. The molecular formula is C24H23N5O3. The molecule has 0 unspecified atom stereocenters. The number of aromatic amines is 1. The number of nitrogens with zero attached hydrogens (tertiary/aromatic N) is 4. The molecular weight excluding hydrogens is 406 g/mol. The number of carbonyl (C=O) groups is 1. The first-order valence-electron chi connectivity index (χ1n) is 10.4. The van der Waals surface area contributed by atoms with Crippen molar-refractivity contribution in [1.82, 2.24) is 24.8 Å². The molecule has 0 radical (unpaired) electrons. The molecule has 2 atom stereocenters. The van der Waals surface area contributed by atoms with Gasteiger partial charge in [-0.15, -0.1) is 0 Å². The molecule has 0 spiro atoms. The number of hydrogen-bond donors (Lipinski definition) is 1. The second-order valence-electron chi connectivity index (χ2n) is 7.73. The second kappa shape index (κ2) is 8.39. The number of amides is 1. The number of rotatable bonds is 5. The van der Waals surface area contributed by atoms with E-state index in [1.54, 1.807) is 43.8 Å². The van der Waals surface area contributed by atoms with Crippen molar-refractivity contribution in [2.75, 3.05) is 20.8 Å². The third-order valence-corrected chi connectivity index (χ3v) is 5.86. The first-order chi connectivity index (χ1) is 15.7. The van der Waals surface area contributed by atoms with Crippen LogP contribution < -0.4 is 4.74 Å². The van der Waals surface area contributed by atoms with Gasteiger partial charge in [-0.1, -0.05) is 18.2 Å². The van der Waals surface area contributed by atoms with Crippen molar-refractivity contribution < 1.29 is 14.3 Å². The van der Waals surface area contributed by atoms with Gasteiger partial charge >= 0.3 is 0 Å². The van der Waals surface area contributed by atoms with E-state index in [9.17, 15) is 4.79 Å². The lowest BCUT2D eigenvalue weighted by molar-refractivity contribution is 0.0678. The van der Waals surface area contributed by atoms with Crippen LogP contribution >= 0.6 is 0 Å². The molecule has 1 aliphatic rings. The van der Waals surface area contributed by atoms with Gasteiger partial charge in [0.15, 0.2) is 0 Å². The number of pyridine rings is 2. The fourth-order valence-corrected chi connectivity index (χ4v) is 4.21.